The Morgan fingerprint density at radius 3 is 2.29 bits per heavy atom. The van der Waals surface area contributed by atoms with Gasteiger partial charge in [0, 0.05) is 25.1 Å². The Balaban J connectivity index is 0.00000341. The van der Waals surface area contributed by atoms with Crippen LogP contribution in [0.5, 0.6) is 0 Å². The van der Waals surface area contributed by atoms with E-state index in [0.717, 1.165) is 4.90 Å². The number of amides is 2. The Kier molecular flexibility index (Phi) is 6.43. The number of hydrogen-bond acceptors (Lipinski definition) is 6. The van der Waals surface area contributed by atoms with E-state index in [9.17, 15) is 29.4 Å². The van der Waals surface area contributed by atoms with E-state index in [1.807, 2.05) is 0 Å². The average Bonchev–Trinajstić information content (AvgIpc) is 3.16. The number of carboxylic acid groups (broad SMARTS) is 3. The van der Waals surface area contributed by atoms with Gasteiger partial charge in [0.25, 0.3) is 0 Å². The van der Waals surface area contributed by atoms with Crippen LogP contribution in [0.15, 0.2) is 36.4 Å². The lowest BCUT2D eigenvalue weighted by Gasteiger charge is -2.53. The third-order valence-corrected chi connectivity index (χ3v) is 5.66. The zero-order chi connectivity index (χ0) is 22.4. The highest BCUT2D eigenvalue weighted by Gasteiger charge is 2.77. The maximum atomic E-state index is 13.6. The fraction of sp³-hybridized carbons (Fsp3) is 0.474. The number of aliphatic carboxylic acids is 1. The minimum atomic E-state index is -1.68. The van der Waals surface area contributed by atoms with E-state index in [2.05, 4.69) is 0 Å². The number of Topliss-reactive ketones (excluding diaryl/α,β-unsaturated/α-hetero) is 1. The molecule has 0 aromatic carbocycles. The van der Waals surface area contributed by atoms with Crippen LogP contribution in [0.2, 0.25) is 0 Å². The lowest BCUT2D eigenvalue weighted by molar-refractivity contribution is -0.959. The predicted molar refractivity (Wildman–Crippen MR) is 102 cm³/mol. The number of halogens is 1. The first-order chi connectivity index (χ1) is 14.1. The van der Waals surface area contributed by atoms with Crippen molar-refractivity contribution in [2.75, 3.05) is 6.54 Å². The molecule has 1 saturated heterocycles. The van der Waals surface area contributed by atoms with Gasteiger partial charge in [0.05, 0.1) is 6.42 Å². The molecule has 31 heavy (non-hydrogen) atoms. The van der Waals surface area contributed by atoms with E-state index in [1.54, 1.807) is 32.9 Å². The third kappa shape index (κ3) is 3.15. The monoisotopic (exact) mass is 456 g/mol. The molecule has 4 aliphatic rings. The standard InChI is InChI=1S/C19H24N4O7.ClH/c1-4-14-21(17(27)28)13-11-23(14,18(29)30)22(13)19(16(26)12(2)3)8-5-6-9-20(19)10-7-15(24)25;/h5-6,8-9,11-12,14H,4,7,10H2,1-3H3,(H2-,24,25,27,28,29,30);1H. The molecule has 11 nitrogen and oxygen atoms in total. The largest absolute Gasteiger partial charge is 1.00 e. The van der Waals surface area contributed by atoms with Crippen molar-refractivity contribution in [2.24, 2.45) is 5.92 Å². The molecule has 3 unspecified atom stereocenters. The summed E-state index contributed by atoms with van der Waals surface area (Å²) >= 11 is 0. The van der Waals surface area contributed by atoms with E-state index in [1.165, 1.54) is 28.4 Å². The molecule has 0 radical (unpaired) electrons. The van der Waals surface area contributed by atoms with Gasteiger partial charge in [-0.05, 0) is 12.2 Å². The number of rotatable bonds is 7. The second-order valence-corrected chi connectivity index (χ2v) is 7.64. The molecular formula is C19H25ClN4O7. The zero-order valence-corrected chi connectivity index (χ0v) is 18.1. The van der Waals surface area contributed by atoms with Crippen LogP contribution in [0.3, 0.4) is 0 Å². The fourth-order valence-corrected chi connectivity index (χ4v) is 4.45. The predicted octanol–water partition coefficient (Wildman–Crippen LogP) is -0.974. The highest BCUT2D eigenvalue weighted by atomic mass is 35.5. The molecule has 170 valence electrons. The van der Waals surface area contributed by atoms with Crippen molar-refractivity contribution < 1.29 is 51.5 Å². The SMILES string of the molecule is CCC1N(C(=O)O)C2=C[N+]1(C(=O)O)N2C1(C(=O)C(C)C)C=CC=CN1CCC(=O)O.[Cl-]. The minimum absolute atomic E-state index is 0. The van der Waals surface area contributed by atoms with Crippen molar-refractivity contribution in [3.63, 3.8) is 0 Å². The van der Waals surface area contributed by atoms with Crippen molar-refractivity contribution in [2.45, 2.75) is 45.4 Å². The number of quaternary nitrogens is 1. The van der Waals surface area contributed by atoms with Crippen LogP contribution in [0.25, 0.3) is 0 Å². The molecule has 0 aliphatic carbocycles. The van der Waals surface area contributed by atoms with Crippen LogP contribution in [0.4, 0.5) is 9.59 Å². The molecule has 4 rings (SSSR count). The first-order valence-electron chi connectivity index (χ1n) is 9.62. The van der Waals surface area contributed by atoms with Gasteiger partial charge in [-0.3, -0.25) is 9.59 Å². The number of fused-ring (bicyclic) bond motifs is 1. The number of allylic oxidation sites excluding steroid dienone is 2. The van der Waals surface area contributed by atoms with Gasteiger partial charge in [-0.2, -0.15) is 9.69 Å². The molecule has 4 aliphatic heterocycles. The second kappa shape index (κ2) is 8.23. The van der Waals surface area contributed by atoms with Gasteiger partial charge in [0.1, 0.15) is 0 Å². The molecule has 3 atom stereocenters. The minimum Gasteiger partial charge on any atom is -1.00 e. The Morgan fingerprint density at radius 2 is 1.81 bits per heavy atom. The van der Waals surface area contributed by atoms with Crippen molar-refractivity contribution in [3.05, 3.63) is 36.4 Å². The number of ketones is 1. The van der Waals surface area contributed by atoms with Crippen LogP contribution in [0.1, 0.15) is 33.6 Å². The van der Waals surface area contributed by atoms with E-state index >= 15 is 0 Å². The summed E-state index contributed by atoms with van der Waals surface area (Å²) in [4.78, 5) is 51.6. The first-order valence-corrected chi connectivity index (χ1v) is 9.62. The lowest BCUT2D eigenvalue weighted by atomic mass is 9.90. The number of hydrogen-bond donors (Lipinski definition) is 3. The van der Waals surface area contributed by atoms with E-state index in [4.69, 9.17) is 5.11 Å². The van der Waals surface area contributed by atoms with Gasteiger partial charge in [0.15, 0.2) is 12.0 Å². The van der Waals surface area contributed by atoms with Crippen LogP contribution in [-0.2, 0) is 9.59 Å². The number of nitrogens with zero attached hydrogens (tertiary/aromatic N) is 4. The Labute approximate surface area is 185 Å². The topological polar surface area (TPSA) is 139 Å². The van der Waals surface area contributed by atoms with Gasteiger partial charge in [-0.15, -0.1) is 5.01 Å². The number of carbonyl (C=O) groups excluding carboxylic acids is 1. The van der Waals surface area contributed by atoms with Crippen LogP contribution < -0.4 is 12.4 Å². The van der Waals surface area contributed by atoms with Crippen LogP contribution >= 0.6 is 0 Å². The molecule has 3 N–H and O–H groups in total. The fourth-order valence-electron chi connectivity index (χ4n) is 4.45. The average molecular weight is 457 g/mol. The molecule has 2 amide bonds. The summed E-state index contributed by atoms with van der Waals surface area (Å²) in [6, 6.07) is 0. The van der Waals surface area contributed by atoms with E-state index < -0.39 is 40.5 Å². The Bertz CT molecular complexity index is 902. The number of carboxylic acids is 1. The molecule has 1 fully saturated rings. The highest BCUT2D eigenvalue weighted by Crippen LogP contribution is 2.53. The van der Waals surface area contributed by atoms with Crippen molar-refractivity contribution >= 4 is 23.9 Å². The maximum Gasteiger partial charge on any atom is 0.546 e. The lowest BCUT2D eigenvalue weighted by Crippen LogP contribution is -3.00. The third-order valence-electron chi connectivity index (χ3n) is 5.66. The van der Waals surface area contributed by atoms with Crippen molar-refractivity contribution in [1.82, 2.24) is 14.8 Å². The van der Waals surface area contributed by atoms with Gasteiger partial charge in [-0.25, -0.2) is 4.79 Å². The summed E-state index contributed by atoms with van der Waals surface area (Å²) in [5, 5.41) is 30.3. The second-order valence-electron chi connectivity index (χ2n) is 7.64. The summed E-state index contributed by atoms with van der Waals surface area (Å²) in [6.07, 6.45) is 3.83. The first kappa shape index (κ1) is 24.2. The molecule has 2 bridgehead atoms. The van der Waals surface area contributed by atoms with Crippen molar-refractivity contribution in [1.29, 1.82) is 0 Å². The molecule has 0 spiro atoms. The molecule has 12 heteroatoms. The van der Waals surface area contributed by atoms with E-state index in [-0.39, 0.29) is 43.4 Å². The van der Waals surface area contributed by atoms with Gasteiger partial charge in [-0.1, -0.05) is 31.4 Å². The van der Waals surface area contributed by atoms with Crippen molar-refractivity contribution in [3.8, 4) is 0 Å². The van der Waals surface area contributed by atoms with Gasteiger partial charge < -0.3 is 32.6 Å². The highest BCUT2D eigenvalue weighted by molar-refractivity contribution is 5.93. The van der Waals surface area contributed by atoms with Crippen LogP contribution in [-0.4, -0.2) is 77.0 Å². The summed E-state index contributed by atoms with van der Waals surface area (Å²) < 4.78 is -0.877. The van der Waals surface area contributed by atoms with Crippen LogP contribution in [0, 0.1) is 5.92 Å². The summed E-state index contributed by atoms with van der Waals surface area (Å²) in [5.41, 5.74) is -1.68. The summed E-state index contributed by atoms with van der Waals surface area (Å²) in [7, 11) is 0. The normalized spacial score (nSPS) is 28.2. The summed E-state index contributed by atoms with van der Waals surface area (Å²) in [6.45, 7) is 4.93. The maximum absolute atomic E-state index is 13.6. The summed E-state index contributed by atoms with van der Waals surface area (Å²) in [5.74, 6) is -1.89. The molecule has 4 heterocycles. The molecule has 0 aromatic heterocycles. The van der Waals surface area contributed by atoms with Gasteiger partial charge >= 0.3 is 18.2 Å². The molecular weight excluding hydrogens is 432 g/mol. The van der Waals surface area contributed by atoms with Gasteiger partial charge in [0.2, 0.25) is 17.6 Å². The number of carbonyl (C=O) groups is 4. The smallest absolute Gasteiger partial charge is 0.546 e. The Hall–Kier alpha value is -3.05. The zero-order valence-electron chi connectivity index (χ0n) is 17.3. The quantitative estimate of drug-likeness (QED) is 0.413. The molecule has 0 aromatic rings. The molecule has 0 saturated carbocycles. The Morgan fingerprint density at radius 1 is 1.16 bits per heavy atom. The van der Waals surface area contributed by atoms with E-state index in [0.29, 0.717) is 0 Å².